The van der Waals surface area contributed by atoms with Gasteiger partial charge in [0.25, 0.3) is 0 Å². The lowest BCUT2D eigenvalue weighted by Gasteiger charge is -2.27. The van der Waals surface area contributed by atoms with Gasteiger partial charge < -0.3 is 63.7 Å². The first-order valence-corrected chi connectivity index (χ1v) is 16.6. The minimum Gasteiger partial charge on any atom is -0.480 e. The molecule has 0 spiro atoms. The second kappa shape index (κ2) is 21.9. The molecule has 0 aromatic carbocycles. The van der Waals surface area contributed by atoms with Crippen molar-refractivity contribution in [3.05, 3.63) is 18.2 Å². The largest absolute Gasteiger partial charge is 0.480 e. The van der Waals surface area contributed by atoms with Crippen molar-refractivity contribution in [1.29, 1.82) is 0 Å². The first kappa shape index (κ1) is 44.9. The standard InChI is InChI=1S/C31H52N10O11/c1-14(2)6-19(27(47)36-16(5)25(45)41-23(12-43)31(51)52)38-29(49)21(9-24(33)44)39-30(50)22(11-42)40-28(48)20(7-15(3)4)37-26(46)18(32)8-17-10-34-13-35-17/h10,13-16,18-23,42-43H,6-9,11-12,32H2,1-5H3,(H2,33,44)(H,34,35)(H,36,47)(H,37,46)(H,38,49)(H,39,50)(H,40,48)(H,41,45)(H,51,52)/t16-,18-,19-,20-,21-,22-,23-/m0/s1. The van der Waals surface area contributed by atoms with Crippen LogP contribution in [-0.2, 0) is 44.8 Å². The number of imidazole rings is 1. The van der Waals surface area contributed by atoms with E-state index in [0.717, 1.165) is 0 Å². The summed E-state index contributed by atoms with van der Waals surface area (Å²) in [6.45, 7) is 6.40. The molecule has 0 saturated heterocycles. The van der Waals surface area contributed by atoms with E-state index in [2.05, 4.69) is 41.9 Å². The zero-order valence-corrected chi connectivity index (χ0v) is 29.8. The zero-order valence-electron chi connectivity index (χ0n) is 29.8. The number of carbonyl (C=O) groups is 8. The minimum absolute atomic E-state index is 0.0152. The number of aliphatic carboxylic acids is 1. The molecule has 292 valence electrons. The van der Waals surface area contributed by atoms with E-state index in [9.17, 15) is 43.5 Å². The van der Waals surface area contributed by atoms with Crippen LogP contribution in [0.3, 0.4) is 0 Å². The third-order valence-corrected chi connectivity index (χ3v) is 7.41. The van der Waals surface area contributed by atoms with Crippen LogP contribution in [0.2, 0.25) is 0 Å². The number of hydrogen-bond donors (Lipinski definition) is 12. The number of rotatable bonds is 23. The van der Waals surface area contributed by atoms with Gasteiger partial charge in [-0.25, -0.2) is 9.78 Å². The summed E-state index contributed by atoms with van der Waals surface area (Å²) in [5, 5.41) is 42.1. The van der Waals surface area contributed by atoms with Crippen LogP contribution in [0.15, 0.2) is 12.5 Å². The Morgan fingerprint density at radius 3 is 1.58 bits per heavy atom. The van der Waals surface area contributed by atoms with Gasteiger partial charge >= 0.3 is 5.97 Å². The molecule has 1 aromatic heterocycles. The number of carboxylic acid groups (broad SMARTS) is 1. The van der Waals surface area contributed by atoms with E-state index in [-0.39, 0.29) is 31.1 Å². The van der Waals surface area contributed by atoms with Crippen LogP contribution >= 0.6 is 0 Å². The number of aliphatic hydroxyl groups excluding tert-OH is 2. The summed E-state index contributed by atoms with van der Waals surface area (Å²) in [6.07, 6.45) is 2.39. The molecule has 0 aliphatic carbocycles. The number of nitrogens with one attached hydrogen (secondary N) is 7. The number of aliphatic hydroxyl groups is 2. The van der Waals surface area contributed by atoms with E-state index in [1.54, 1.807) is 27.7 Å². The van der Waals surface area contributed by atoms with Gasteiger partial charge in [0.15, 0.2) is 0 Å². The molecule has 0 saturated carbocycles. The number of amides is 7. The summed E-state index contributed by atoms with van der Waals surface area (Å²) in [4.78, 5) is 108. The van der Waals surface area contributed by atoms with Crippen molar-refractivity contribution in [1.82, 2.24) is 41.9 Å². The number of hydrogen-bond acceptors (Lipinski definition) is 12. The van der Waals surface area contributed by atoms with Crippen molar-refractivity contribution < 1.29 is 53.7 Å². The van der Waals surface area contributed by atoms with Gasteiger partial charge in [-0.1, -0.05) is 27.7 Å². The highest BCUT2D eigenvalue weighted by atomic mass is 16.4. The van der Waals surface area contributed by atoms with Crippen LogP contribution in [0.4, 0.5) is 0 Å². The van der Waals surface area contributed by atoms with Gasteiger partial charge in [-0.3, -0.25) is 33.6 Å². The fraction of sp³-hybridized carbons (Fsp3) is 0.645. The van der Waals surface area contributed by atoms with Crippen LogP contribution in [0.1, 0.15) is 59.6 Å². The molecule has 1 heterocycles. The Hall–Kier alpha value is -5.15. The van der Waals surface area contributed by atoms with Crippen molar-refractivity contribution in [2.24, 2.45) is 23.3 Å². The fourth-order valence-corrected chi connectivity index (χ4v) is 4.69. The van der Waals surface area contributed by atoms with E-state index in [1.807, 2.05) is 0 Å². The highest BCUT2D eigenvalue weighted by Crippen LogP contribution is 2.09. The maximum atomic E-state index is 13.3. The van der Waals surface area contributed by atoms with E-state index in [4.69, 9.17) is 21.7 Å². The summed E-state index contributed by atoms with van der Waals surface area (Å²) >= 11 is 0. The Balaban J connectivity index is 3.07. The second-order valence-electron chi connectivity index (χ2n) is 13.1. The third-order valence-electron chi connectivity index (χ3n) is 7.41. The van der Waals surface area contributed by atoms with Crippen molar-refractivity contribution in [2.75, 3.05) is 13.2 Å². The molecule has 14 N–H and O–H groups in total. The molecule has 1 rings (SSSR count). The maximum absolute atomic E-state index is 13.3. The zero-order chi connectivity index (χ0) is 39.7. The second-order valence-corrected chi connectivity index (χ2v) is 13.1. The first-order chi connectivity index (χ1) is 24.3. The monoisotopic (exact) mass is 740 g/mol. The van der Waals surface area contributed by atoms with E-state index in [1.165, 1.54) is 19.4 Å². The Labute approximate surface area is 300 Å². The highest BCUT2D eigenvalue weighted by molar-refractivity contribution is 5.98. The summed E-state index contributed by atoms with van der Waals surface area (Å²) < 4.78 is 0. The molecule has 0 bridgehead atoms. The number of carboxylic acids is 1. The van der Waals surface area contributed by atoms with E-state index >= 15 is 0 Å². The summed E-state index contributed by atoms with van der Waals surface area (Å²) in [5.74, 6) is -8.31. The predicted octanol–water partition coefficient (Wildman–Crippen LogP) is -4.76. The molecule has 0 fully saturated rings. The lowest BCUT2D eigenvalue weighted by Crippen LogP contribution is -2.60. The smallest absolute Gasteiger partial charge is 0.328 e. The molecular formula is C31H52N10O11. The average molecular weight is 741 g/mol. The summed E-state index contributed by atoms with van der Waals surface area (Å²) in [7, 11) is 0. The number of aromatic amines is 1. The van der Waals surface area contributed by atoms with E-state index < -0.39 is 109 Å². The van der Waals surface area contributed by atoms with Crippen LogP contribution in [0.25, 0.3) is 0 Å². The van der Waals surface area contributed by atoms with Gasteiger partial charge in [-0.15, -0.1) is 0 Å². The molecule has 7 atom stereocenters. The molecule has 0 radical (unpaired) electrons. The lowest BCUT2D eigenvalue weighted by atomic mass is 10.0. The molecule has 0 unspecified atom stereocenters. The number of nitrogens with zero attached hydrogens (tertiary/aromatic N) is 1. The normalized spacial score (nSPS) is 15.2. The van der Waals surface area contributed by atoms with Crippen molar-refractivity contribution in [2.45, 2.75) is 103 Å². The highest BCUT2D eigenvalue weighted by Gasteiger charge is 2.34. The van der Waals surface area contributed by atoms with Crippen LogP contribution < -0.4 is 43.4 Å². The van der Waals surface area contributed by atoms with Gasteiger partial charge in [-0.05, 0) is 31.6 Å². The number of H-pyrrole nitrogens is 1. The van der Waals surface area contributed by atoms with Gasteiger partial charge in [-0.2, -0.15) is 0 Å². The van der Waals surface area contributed by atoms with Gasteiger partial charge in [0, 0.05) is 18.3 Å². The molecule has 21 nitrogen and oxygen atoms in total. The predicted molar refractivity (Wildman–Crippen MR) is 182 cm³/mol. The summed E-state index contributed by atoms with van der Waals surface area (Å²) in [6, 6.07) is -9.83. The molecule has 0 aliphatic rings. The van der Waals surface area contributed by atoms with Crippen molar-refractivity contribution in [3.8, 4) is 0 Å². The number of nitrogens with two attached hydrogens (primary N) is 2. The Morgan fingerprint density at radius 2 is 1.12 bits per heavy atom. The minimum atomic E-state index is -1.69. The number of primary amides is 1. The molecule has 0 aliphatic heterocycles. The number of aromatic nitrogens is 2. The SMILES string of the molecule is CC(C)C[C@H](NC(=O)[C@H](CC(N)=O)NC(=O)[C@H](CO)NC(=O)[C@H](CC(C)C)NC(=O)[C@@H](N)Cc1cnc[nH]1)C(=O)N[C@@H](C)C(=O)N[C@@H](CO)C(=O)O. The molecule has 7 amide bonds. The van der Waals surface area contributed by atoms with Crippen molar-refractivity contribution >= 4 is 47.3 Å². The van der Waals surface area contributed by atoms with Crippen LogP contribution in [-0.4, -0.2) is 128 Å². The molecule has 21 heteroatoms. The summed E-state index contributed by atoms with van der Waals surface area (Å²) in [5.41, 5.74) is 11.9. The van der Waals surface area contributed by atoms with Crippen molar-refractivity contribution in [3.63, 3.8) is 0 Å². The van der Waals surface area contributed by atoms with Crippen LogP contribution in [0.5, 0.6) is 0 Å². The number of carbonyl (C=O) groups excluding carboxylic acids is 7. The molecule has 52 heavy (non-hydrogen) atoms. The Bertz CT molecular complexity index is 1390. The Morgan fingerprint density at radius 1 is 0.673 bits per heavy atom. The topological polar surface area (TPSA) is 350 Å². The van der Waals surface area contributed by atoms with E-state index in [0.29, 0.717) is 5.69 Å². The lowest BCUT2D eigenvalue weighted by molar-refractivity contribution is -0.143. The third kappa shape index (κ3) is 15.8. The first-order valence-electron chi connectivity index (χ1n) is 16.6. The Kier molecular flexibility index (Phi) is 18.9. The fourth-order valence-electron chi connectivity index (χ4n) is 4.69. The van der Waals surface area contributed by atoms with Crippen LogP contribution in [0, 0.1) is 11.8 Å². The van der Waals surface area contributed by atoms with Gasteiger partial charge in [0.1, 0.15) is 36.3 Å². The maximum Gasteiger partial charge on any atom is 0.328 e. The van der Waals surface area contributed by atoms with Gasteiger partial charge in [0.2, 0.25) is 41.4 Å². The van der Waals surface area contributed by atoms with Gasteiger partial charge in [0.05, 0.1) is 32.0 Å². The average Bonchev–Trinajstić information content (AvgIpc) is 3.56. The quantitative estimate of drug-likeness (QED) is 0.0502. The molecule has 1 aromatic rings. The molecular weight excluding hydrogens is 688 g/mol.